The number of nitrogens with zero attached hydrogens (tertiary/aromatic N) is 1. The second-order valence-corrected chi connectivity index (χ2v) is 6.83. The van der Waals surface area contributed by atoms with Gasteiger partial charge in [0.25, 0.3) is 0 Å². The Labute approximate surface area is 164 Å². The van der Waals surface area contributed by atoms with Gasteiger partial charge in [-0.25, -0.2) is 0 Å². The fourth-order valence-electron chi connectivity index (χ4n) is 3.63. The van der Waals surface area contributed by atoms with E-state index in [1.807, 2.05) is 18.2 Å². The molecule has 28 heavy (non-hydrogen) atoms. The zero-order valence-corrected chi connectivity index (χ0v) is 15.4. The molecule has 0 amide bonds. The summed E-state index contributed by atoms with van der Waals surface area (Å²) >= 11 is 0. The Morgan fingerprint density at radius 1 is 0.500 bits per heavy atom. The standard InChI is InChI=1S/C26H20N2/c1-4-10-20(11-5-1)26-19-21-18-24(16-17-25(21)27-26)28(22-12-6-2-7-13-22)23-14-8-3-9-15-23/h1-19,27H. The van der Waals surface area contributed by atoms with Gasteiger partial charge < -0.3 is 9.88 Å². The Bertz CT molecular complexity index is 1150. The second kappa shape index (κ2) is 7.09. The van der Waals surface area contributed by atoms with Gasteiger partial charge >= 0.3 is 0 Å². The molecule has 1 N–H and O–H groups in total. The van der Waals surface area contributed by atoms with E-state index >= 15 is 0 Å². The number of aromatic nitrogens is 1. The number of benzene rings is 4. The lowest BCUT2D eigenvalue weighted by Gasteiger charge is -2.25. The van der Waals surface area contributed by atoms with E-state index in [0.717, 1.165) is 28.3 Å². The molecule has 0 saturated carbocycles. The number of H-pyrrole nitrogens is 1. The van der Waals surface area contributed by atoms with Crippen LogP contribution in [-0.2, 0) is 0 Å². The molecule has 4 aromatic carbocycles. The van der Waals surface area contributed by atoms with Crippen LogP contribution in [0, 0.1) is 0 Å². The summed E-state index contributed by atoms with van der Waals surface area (Å²) < 4.78 is 0. The number of hydrogen-bond donors (Lipinski definition) is 1. The van der Waals surface area contributed by atoms with Gasteiger partial charge in [-0.15, -0.1) is 0 Å². The Morgan fingerprint density at radius 2 is 1.07 bits per heavy atom. The highest BCUT2D eigenvalue weighted by atomic mass is 15.1. The highest BCUT2D eigenvalue weighted by molar-refractivity contribution is 5.91. The summed E-state index contributed by atoms with van der Waals surface area (Å²) in [5, 5.41) is 1.20. The average molecular weight is 360 g/mol. The summed E-state index contributed by atoms with van der Waals surface area (Å²) in [5.41, 5.74) is 6.91. The van der Waals surface area contributed by atoms with Crippen molar-refractivity contribution >= 4 is 28.0 Å². The van der Waals surface area contributed by atoms with Crippen molar-refractivity contribution in [3.8, 4) is 11.3 Å². The zero-order chi connectivity index (χ0) is 18.8. The average Bonchev–Trinajstić information content (AvgIpc) is 3.20. The third-order valence-electron chi connectivity index (χ3n) is 4.98. The number of anilines is 3. The predicted octanol–water partition coefficient (Wildman–Crippen LogP) is 7.30. The molecule has 0 aliphatic rings. The second-order valence-electron chi connectivity index (χ2n) is 6.83. The van der Waals surface area contributed by atoms with Gasteiger partial charge in [0, 0.05) is 33.7 Å². The van der Waals surface area contributed by atoms with Crippen molar-refractivity contribution in [2.24, 2.45) is 0 Å². The Hall–Kier alpha value is -3.78. The highest BCUT2D eigenvalue weighted by Gasteiger charge is 2.13. The third kappa shape index (κ3) is 3.06. The first-order valence-electron chi connectivity index (χ1n) is 9.47. The van der Waals surface area contributed by atoms with E-state index in [2.05, 4.69) is 107 Å². The number of rotatable bonds is 4. The molecule has 1 aromatic heterocycles. The smallest absolute Gasteiger partial charge is 0.0469 e. The van der Waals surface area contributed by atoms with Crippen LogP contribution in [0.25, 0.3) is 22.2 Å². The van der Waals surface area contributed by atoms with E-state index in [0.29, 0.717) is 0 Å². The van der Waals surface area contributed by atoms with E-state index in [4.69, 9.17) is 0 Å². The third-order valence-corrected chi connectivity index (χ3v) is 4.98. The van der Waals surface area contributed by atoms with Gasteiger partial charge in [-0.3, -0.25) is 0 Å². The SMILES string of the molecule is c1ccc(-c2cc3cc(N(c4ccccc4)c4ccccc4)ccc3[nH]2)cc1. The lowest BCUT2D eigenvalue weighted by atomic mass is 10.1. The molecule has 0 atom stereocenters. The number of para-hydroxylation sites is 2. The molecule has 0 fully saturated rings. The molecule has 1 heterocycles. The van der Waals surface area contributed by atoms with Crippen molar-refractivity contribution < 1.29 is 0 Å². The minimum absolute atomic E-state index is 1.14. The van der Waals surface area contributed by atoms with E-state index in [-0.39, 0.29) is 0 Å². The number of nitrogens with one attached hydrogen (secondary N) is 1. The van der Waals surface area contributed by atoms with Crippen LogP contribution in [0.2, 0.25) is 0 Å². The van der Waals surface area contributed by atoms with E-state index in [1.165, 1.54) is 10.9 Å². The molecule has 2 nitrogen and oxygen atoms in total. The van der Waals surface area contributed by atoms with Crippen molar-refractivity contribution in [1.29, 1.82) is 0 Å². The lowest BCUT2D eigenvalue weighted by Crippen LogP contribution is -2.09. The monoisotopic (exact) mass is 360 g/mol. The molecule has 0 unspecified atom stereocenters. The van der Waals surface area contributed by atoms with E-state index in [1.54, 1.807) is 0 Å². The van der Waals surface area contributed by atoms with Crippen molar-refractivity contribution in [2.45, 2.75) is 0 Å². The van der Waals surface area contributed by atoms with Crippen LogP contribution in [0.3, 0.4) is 0 Å². The predicted molar refractivity (Wildman–Crippen MR) is 118 cm³/mol. The zero-order valence-electron chi connectivity index (χ0n) is 15.4. The van der Waals surface area contributed by atoms with Gasteiger partial charge in [0.2, 0.25) is 0 Å². The van der Waals surface area contributed by atoms with Crippen molar-refractivity contribution in [1.82, 2.24) is 4.98 Å². The van der Waals surface area contributed by atoms with Gasteiger partial charge in [0.1, 0.15) is 0 Å². The van der Waals surface area contributed by atoms with Crippen LogP contribution in [-0.4, -0.2) is 4.98 Å². The summed E-state index contributed by atoms with van der Waals surface area (Å²) in [6.07, 6.45) is 0. The lowest BCUT2D eigenvalue weighted by molar-refractivity contribution is 1.29. The Morgan fingerprint density at radius 3 is 1.68 bits per heavy atom. The topological polar surface area (TPSA) is 19.0 Å². The van der Waals surface area contributed by atoms with Crippen LogP contribution >= 0.6 is 0 Å². The van der Waals surface area contributed by atoms with Gasteiger partial charge in [0.15, 0.2) is 0 Å². The van der Waals surface area contributed by atoms with Crippen LogP contribution in [0.5, 0.6) is 0 Å². The summed E-state index contributed by atoms with van der Waals surface area (Å²) in [6.45, 7) is 0. The number of aromatic amines is 1. The molecule has 0 saturated heterocycles. The first kappa shape index (κ1) is 16.4. The summed E-state index contributed by atoms with van der Waals surface area (Å²) in [7, 11) is 0. The molecule has 5 aromatic rings. The van der Waals surface area contributed by atoms with Crippen LogP contribution in [0.15, 0.2) is 115 Å². The Balaban J connectivity index is 1.63. The van der Waals surface area contributed by atoms with Gasteiger partial charge in [-0.05, 0) is 54.1 Å². The fraction of sp³-hybridized carbons (Fsp3) is 0. The summed E-state index contributed by atoms with van der Waals surface area (Å²) in [4.78, 5) is 5.83. The highest BCUT2D eigenvalue weighted by Crippen LogP contribution is 2.36. The largest absolute Gasteiger partial charge is 0.355 e. The molecule has 0 aliphatic carbocycles. The minimum atomic E-state index is 1.14. The van der Waals surface area contributed by atoms with Crippen molar-refractivity contribution in [3.63, 3.8) is 0 Å². The van der Waals surface area contributed by atoms with Crippen LogP contribution in [0.1, 0.15) is 0 Å². The number of hydrogen-bond acceptors (Lipinski definition) is 1. The first-order valence-corrected chi connectivity index (χ1v) is 9.47. The molecule has 0 spiro atoms. The molecule has 2 heteroatoms. The Kier molecular flexibility index (Phi) is 4.15. The maximum atomic E-state index is 3.54. The van der Waals surface area contributed by atoms with Crippen LogP contribution in [0.4, 0.5) is 17.1 Å². The summed E-state index contributed by atoms with van der Waals surface area (Å²) in [6, 6.07) is 40.2. The molecule has 0 aliphatic heterocycles. The van der Waals surface area contributed by atoms with Crippen molar-refractivity contribution in [2.75, 3.05) is 4.90 Å². The van der Waals surface area contributed by atoms with Crippen LogP contribution < -0.4 is 4.90 Å². The minimum Gasteiger partial charge on any atom is -0.355 e. The fourth-order valence-corrected chi connectivity index (χ4v) is 3.63. The van der Waals surface area contributed by atoms with Gasteiger partial charge in [-0.2, -0.15) is 0 Å². The molecule has 0 radical (unpaired) electrons. The van der Waals surface area contributed by atoms with Crippen molar-refractivity contribution in [3.05, 3.63) is 115 Å². The normalized spacial score (nSPS) is 10.9. The van der Waals surface area contributed by atoms with E-state index in [9.17, 15) is 0 Å². The maximum Gasteiger partial charge on any atom is 0.0469 e. The molecule has 5 rings (SSSR count). The van der Waals surface area contributed by atoms with Gasteiger partial charge in [-0.1, -0.05) is 66.7 Å². The molecule has 0 bridgehead atoms. The molecule has 134 valence electrons. The van der Waals surface area contributed by atoms with Gasteiger partial charge in [0.05, 0.1) is 0 Å². The molecular formula is C26H20N2. The van der Waals surface area contributed by atoms with E-state index < -0.39 is 0 Å². The quantitative estimate of drug-likeness (QED) is 0.356. The first-order chi connectivity index (χ1) is 13.9. The molecular weight excluding hydrogens is 340 g/mol. The maximum absolute atomic E-state index is 3.54. The summed E-state index contributed by atoms with van der Waals surface area (Å²) in [5.74, 6) is 0. The number of fused-ring (bicyclic) bond motifs is 1.